The molecule has 2 aromatic heterocycles. The molecule has 1 unspecified atom stereocenters. The van der Waals surface area contributed by atoms with E-state index in [0.717, 1.165) is 5.56 Å². The molecule has 0 amide bonds. The lowest BCUT2D eigenvalue weighted by Crippen LogP contribution is -2.08. The Kier molecular flexibility index (Phi) is 3.38. The maximum atomic E-state index is 10.7. The molecule has 0 bridgehead atoms. The highest BCUT2D eigenvalue weighted by molar-refractivity contribution is 5.51. The van der Waals surface area contributed by atoms with Crippen LogP contribution < -0.4 is 5.32 Å². The standard InChI is InChI=1S/C11H10N6O2/c1-7(8-5-13-14-6-8)15-11-3-2-10(17(18)19)9(4-12)16-11/h2-3,5-7H,1H3,(H,13,14)(H,15,16). The Morgan fingerprint density at radius 3 is 2.95 bits per heavy atom. The number of hydrogen-bond donors (Lipinski definition) is 2. The predicted molar refractivity (Wildman–Crippen MR) is 66.2 cm³/mol. The van der Waals surface area contributed by atoms with E-state index in [0.29, 0.717) is 5.82 Å². The zero-order chi connectivity index (χ0) is 13.8. The van der Waals surface area contributed by atoms with E-state index in [4.69, 9.17) is 5.26 Å². The second-order valence-corrected chi connectivity index (χ2v) is 3.83. The van der Waals surface area contributed by atoms with Crippen LogP contribution in [0, 0.1) is 21.4 Å². The Morgan fingerprint density at radius 2 is 2.37 bits per heavy atom. The molecular formula is C11H10N6O2. The molecule has 0 fully saturated rings. The third-order valence-electron chi connectivity index (χ3n) is 2.56. The summed E-state index contributed by atoms with van der Waals surface area (Å²) in [5, 5.41) is 29.1. The number of pyridine rings is 1. The minimum Gasteiger partial charge on any atom is -0.363 e. The third-order valence-corrected chi connectivity index (χ3v) is 2.56. The van der Waals surface area contributed by atoms with Gasteiger partial charge in [0.15, 0.2) is 0 Å². The van der Waals surface area contributed by atoms with Crippen LogP contribution in [0.4, 0.5) is 11.5 Å². The van der Waals surface area contributed by atoms with E-state index in [1.54, 1.807) is 18.5 Å². The van der Waals surface area contributed by atoms with Gasteiger partial charge in [-0.3, -0.25) is 15.2 Å². The van der Waals surface area contributed by atoms with Gasteiger partial charge in [0.25, 0.3) is 0 Å². The van der Waals surface area contributed by atoms with Gasteiger partial charge in [-0.05, 0) is 13.0 Å². The molecule has 8 nitrogen and oxygen atoms in total. The highest BCUT2D eigenvalue weighted by Crippen LogP contribution is 2.21. The normalized spacial score (nSPS) is 11.6. The maximum absolute atomic E-state index is 10.7. The predicted octanol–water partition coefficient (Wildman–Crippen LogP) is 1.76. The van der Waals surface area contributed by atoms with Crippen molar-refractivity contribution in [1.29, 1.82) is 5.26 Å². The van der Waals surface area contributed by atoms with Crippen molar-refractivity contribution < 1.29 is 4.92 Å². The van der Waals surface area contributed by atoms with Crippen molar-refractivity contribution >= 4 is 11.5 Å². The quantitative estimate of drug-likeness (QED) is 0.636. The molecule has 2 aromatic rings. The fraction of sp³-hybridized carbons (Fsp3) is 0.182. The summed E-state index contributed by atoms with van der Waals surface area (Å²) in [6.45, 7) is 1.89. The molecule has 0 aliphatic carbocycles. The largest absolute Gasteiger partial charge is 0.363 e. The van der Waals surface area contributed by atoms with Gasteiger partial charge < -0.3 is 5.32 Å². The molecule has 96 valence electrons. The van der Waals surface area contributed by atoms with Gasteiger partial charge in [0.1, 0.15) is 11.9 Å². The van der Waals surface area contributed by atoms with E-state index in [2.05, 4.69) is 20.5 Å². The second kappa shape index (κ2) is 5.14. The van der Waals surface area contributed by atoms with Crippen LogP contribution in [-0.2, 0) is 0 Å². The highest BCUT2D eigenvalue weighted by atomic mass is 16.6. The Balaban J connectivity index is 2.23. The number of nitriles is 1. The first kappa shape index (κ1) is 12.5. The molecule has 0 radical (unpaired) electrons. The van der Waals surface area contributed by atoms with Gasteiger partial charge in [0.05, 0.1) is 17.2 Å². The first-order valence-electron chi connectivity index (χ1n) is 5.42. The van der Waals surface area contributed by atoms with Crippen molar-refractivity contribution in [3.63, 3.8) is 0 Å². The summed E-state index contributed by atoms with van der Waals surface area (Å²) >= 11 is 0. The minimum atomic E-state index is -0.630. The first-order chi connectivity index (χ1) is 9.11. The van der Waals surface area contributed by atoms with Crippen LogP contribution in [0.1, 0.15) is 24.2 Å². The molecule has 0 saturated heterocycles. The van der Waals surface area contributed by atoms with Crippen LogP contribution in [-0.4, -0.2) is 20.1 Å². The van der Waals surface area contributed by atoms with Crippen molar-refractivity contribution in [1.82, 2.24) is 15.2 Å². The number of nitrogens with one attached hydrogen (secondary N) is 2. The van der Waals surface area contributed by atoms with Crippen molar-refractivity contribution in [3.05, 3.63) is 45.9 Å². The summed E-state index contributed by atoms with van der Waals surface area (Å²) in [5.41, 5.74) is 0.400. The van der Waals surface area contributed by atoms with E-state index in [-0.39, 0.29) is 17.4 Å². The number of nitrogens with zero attached hydrogens (tertiary/aromatic N) is 4. The summed E-state index contributed by atoms with van der Waals surface area (Å²) in [6, 6.07) is 4.36. The molecule has 8 heteroatoms. The molecule has 0 aromatic carbocycles. The molecular weight excluding hydrogens is 248 g/mol. The average molecular weight is 258 g/mol. The van der Waals surface area contributed by atoms with Crippen LogP contribution in [0.5, 0.6) is 0 Å². The van der Waals surface area contributed by atoms with Gasteiger partial charge in [0.2, 0.25) is 5.69 Å². The minimum absolute atomic E-state index is 0.0840. The molecule has 1 atom stereocenters. The van der Waals surface area contributed by atoms with Crippen molar-refractivity contribution in [3.8, 4) is 6.07 Å². The maximum Gasteiger partial charge on any atom is 0.305 e. The molecule has 0 aliphatic rings. The van der Waals surface area contributed by atoms with Crippen LogP contribution in [0.2, 0.25) is 0 Å². The second-order valence-electron chi connectivity index (χ2n) is 3.83. The number of rotatable bonds is 4. The van der Waals surface area contributed by atoms with E-state index in [9.17, 15) is 10.1 Å². The molecule has 0 spiro atoms. The Hall–Kier alpha value is -2.95. The third kappa shape index (κ3) is 2.66. The number of hydrogen-bond acceptors (Lipinski definition) is 6. The highest BCUT2D eigenvalue weighted by Gasteiger charge is 2.16. The Labute approximate surface area is 108 Å². The fourth-order valence-electron chi connectivity index (χ4n) is 1.56. The van der Waals surface area contributed by atoms with E-state index < -0.39 is 4.92 Å². The number of H-pyrrole nitrogens is 1. The molecule has 0 aliphatic heterocycles. The van der Waals surface area contributed by atoms with Gasteiger partial charge in [-0.25, -0.2) is 4.98 Å². The number of nitro groups is 1. The summed E-state index contributed by atoms with van der Waals surface area (Å²) in [6.07, 6.45) is 3.39. The van der Waals surface area contributed by atoms with Crippen molar-refractivity contribution in [2.24, 2.45) is 0 Å². The molecule has 2 N–H and O–H groups in total. The Morgan fingerprint density at radius 1 is 1.58 bits per heavy atom. The fourth-order valence-corrected chi connectivity index (χ4v) is 1.56. The molecule has 2 rings (SSSR count). The summed E-state index contributed by atoms with van der Waals surface area (Å²) in [7, 11) is 0. The number of aromatic nitrogens is 3. The lowest BCUT2D eigenvalue weighted by atomic mass is 10.2. The van der Waals surface area contributed by atoms with Gasteiger partial charge in [-0.2, -0.15) is 10.4 Å². The van der Waals surface area contributed by atoms with E-state index in [1.165, 1.54) is 12.1 Å². The topological polar surface area (TPSA) is 121 Å². The first-order valence-corrected chi connectivity index (χ1v) is 5.42. The molecule has 0 saturated carbocycles. The smallest absolute Gasteiger partial charge is 0.305 e. The SMILES string of the molecule is CC(Nc1ccc([N+](=O)[O-])c(C#N)n1)c1cn[nH]c1. The zero-order valence-electron chi connectivity index (χ0n) is 9.99. The molecule has 2 heterocycles. The van der Waals surface area contributed by atoms with Gasteiger partial charge in [-0.1, -0.05) is 0 Å². The van der Waals surface area contributed by atoms with Crippen LogP contribution in [0.15, 0.2) is 24.5 Å². The van der Waals surface area contributed by atoms with Gasteiger partial charge in [0, 0.05) is 17.8 Å². The van der Waals surface area contributed by atoms with E-state index >= 15 is 0 Å². The van der Waals surface area contributed by atoms with Gasteiger partial charge >= 0.3 is 5.69 Å². The number of aromatic amines is 1. The van der Waals surface area contributed by atoms with Crippen LogP contribution in [0.3, 0.4) is 0 Å². The van der Waals surface area contributed by atoms with Crippen LogP contribution in [0.25, 0.3) is 0 Å². The molecule has 19 heavy (non-hydrogen) atoms. The van der Waals surface area contributed by atoms with Crippen molar-refractivity contribution in [2.75, 3.05) is 5.32 Å². The lowest BCUT2D eigenvalue weighted by Gasteiger charge is -2.12. The van der Waals surface area contributed by atoms with Crippen LogP contribution >= 0.6 is 0 Å². The zero-order valence-corrected chi connectivity index (χ0v) is 9.99. The summed E-state index contributed by atoms with van der Waals surface area (Å²) in [4.78, 5) is 14.0. The Bertz CT molecular complexity index is 631. The van der Waals surface area contributed by atoms with Gasteiger partial charge in [-0.15, -0.1) is 0 Å². The monoisotopic (exact) mass is 258 g/mol. The van der Waals surface area contributed by atoms with E-state index in [1.807, 2.05) is 6.92 Å². The average Bonchev–Trinajstić information content (AvgIpc) is 2.92. The summed E-state index contributed by atoms with van der Waals surface area (Å²) < 4.78 is 0. The summed E-state index contributed by atoms with van der Waals surface area (Å²) in [5.74, 6) is 0.399. The number of anilines is 1. The lowest BCUT2D eigenvalue weighted by molar-refractivity contribution is -0.385. The van der Waals surface area contributed by atoms with Crippen molar-refractivity contribution in [2.45, 2.75) is 13.0 Å².